The molecule has 142 valence electrons. The summed E-state index contributed by atoms with van der Waals surface area (Å²) < 4.78 is 1.91. The van der Waals surface area contributed by atoms with Crippen LogP contribution in [0.25, 0.3) is 11.4 Å². The zero-order chi connectivity index (χ0) is 19.5. The molecule has 1 atom stereocenters. The Hall–Kier alpha value is -3.21. The van der Waals surface area contributed by atoms with E-state index in [4.69, 9.17) is 0 Å². The first-order valence-electron chi connectivity index (χ1n) is 9.60. The molecule has 1 aliphatic heterocycles. The van der Waals surface area contributed by atoms with Gasteiger partial charge in [0.2, 0.25) is 0 Å². The van der Waals surface area contributed by atoms with Crippen molar-refractivity contribution in [1.82, 2.24) is 14.5 Å². The molecular formula is C23H23N3O2. The maximum atomic E-state index is 13.3. The minimum Gasteiger partial charge on any atom is -0.338 e. The molecule has 0 saturated carbocycles. The first-order valence-corrected chi connectivity index (χ1v) is 9.60. The Morgan fingerprint density at radius 2 is 1.79 bits per heavy atom. The minimum absolute atomic E-state index is 0.0378. The predicted molar refractivity (Wildman–Crippen MR) is 108 cm³/mol. The van der Waals surface area contributed by atoms with E-state index in [-0.39, 0.29) is 17.6 Å². The Morgan fingerprint density at radius 3 is 2.54 bits per heavy atom. The SMILES string of the molecule is Cn1ccnc1-c1ccccc1C(=O)N1CCCC(C(=O)c2ccccc2)C1. The molecule has 1 unspecified atom stereocenters. The number of Topliss-reactive ketones (excluding diaryl/α,β-unsaturated/α-hetero) is 1. The fourth-order valence-corrected chi connectivity index (χ4v) is 3.87. The standard InChI is InChI=1S/C23H23N3O2/c1-25-15-13-24-22(25)19-11-5-6-12-20(19)23(28)26-14-7-10-18(16-26)21(27)17-8-3-2-4-9-17/h2-6,8-9,11-13,15,18H,7,10,14,16H2,1H3. The van der Waals surface area contributed by atoms with Crippen molar-refractivity contribution in [2.24, 2.45) is 13.0 Å². The second-order valence-corrected chi connectivity index (χ2v) is 7.23. The fourth-order valence-electron chi connectivity index (χ4n) is 3.87. The highest BCUT2D eigenvalue weighted by atomic mass is 16.2. The van der Waals surface area contributed by atoms with Gasteiger partial charge in [-0.1, -0.05) is 48.5 Å². The maximum Gasteiger partial charge on any atom is 0.254 e. The molecule has 28 heavy (non-hydrogen) atoms. The number of ketones is 1. The number of imidazole rings is 1. The summed E-state index contributed by atoms with van der Waals surface area (Å²) in [5, 5.41) is 0. The summed E-state index contributed by atoms with van der Waals surface area (Å²) in [5.74, 6) is 0.693. The van der Waals surface area contributed by atoms with Crippen LogP contribution in [0, 0.1) is 5.92 Å². The molecule has 5 nitrogen and oxygen atoms in total. The summed E-state index contributed by atoms with van der Waals surface area (Å²) in [7, 11) is 1.92. The van der Waals surface area contributed by atoms with E-state index in [0.29, 0.717) is 18.7 Å². The number of piperidine rings is 1. The van der Waals surface area contributed by atoms with Crippen molar-refractivity contribution in [3.63, 3.8) is 0 Å². The summed E-state index contributed by atoms with van der Waals surface area (Å²) >= 11 is 0. The molecular weight excluding hydrogens is 350 g/mol. The molecule has 1 aromatic heterocycles. The Morgan fingerprint density at radius 1 is 1.04 bits per heavy atom. The van der Waals surface area contributed by atoms with Gasteiger partial charge in [-0.25, -0.2) is 4.98 Å². The van der Waals surface area contributed by atoms with E-state index >= 15 is 0 Å². The van der Waals surface area contributed by atoms with Crippen molar-refractivity contribution in [1.29, 1.82) is 0 Å². The topological polar surface area (TPSA) is 55.2 Å². The second kappa shape index (κ2) is 7.80. The summed E-state index contributed by atoms with van der Waals surface area (Å²) in [4.78, 5) is 32.4. The molecule has 1 aliphatic rings. The van der Waals surface area contributed by atoms with Gasteiger partial charge in [-0.15, -0.1) is 0 Å². The Bertz CT molecular complexity index is 994. The van der Waals surface area contributed by atoms with Gasteiger partial charge in [0.05, 0.1) is 5.56 Å². The first kappa shape index (κ1) is 18.2. The van der Waals surface area contributed by atoms with Gasteiger partial charge in [0.15, 0.2) is 5.78 Å². The third-order valence-electron chi connectivity index (χ3n) is 5.36. The van der Waals surface area contributed by atoms with Crippen LogP contribution in [0.5, 0.6) is 0 Å². The van der Waals surface area contributed by atoms with Crippen LogP contribution in [0.2, 0.25) is 0 Å². The van der Waals surface area contributed by atoms with Crippen LogP contribution in [0.4, 0.5) is 0 Å². The smallest absolute Gasteiger partial charge is 0.254 e. The number of hydrogen-bond acceptors (Lipinski definition) is 3. The fraction of sp³-hybridized carbons (Fsp3) is 0.261. The number of rotatable bonds is 4. The second-order valence-electron chi connectivity index (χ2n) is 7.23. The molecule has 0 bridgehead atoms. The van der Waals surface area contributed by atoms with Crippen LogP contribution in [-0.4, -0.2) is 39.2 Å². The van der Waals surface area contributed by atoms with Crippen LogP contribution in [0.15, 0.2) is 67.0 Å². The molecule has 3 aromatic rings. The number of aromatic nitrogens is 2. The molecule has 4 rings (SSSR count). The number of amides is 1. The van der Waals surface area contributed by atoms with E-state index in [9.17, 15) is 9.59 Å². The van der Waals surface area contributed by atoms with Crippen molar-refractivity contribution in [3.8, 4) is 11.4 Å². The Labute approximate surface area is 164 Å². The summed E-state index contributed by atoms with van der Waals surface area (Å²) in [6.07, 6.45) is 5.25. The van der Waals surface area contributed by atoms with Crippen molar-refractivity contribution >= 4 is 11.7 Å². The maximum absolute atomic E-state index is 13.3. The van der Waals surface area contributed by atoms with E-state index in [2.05, 4.69) is 4.98 Å². The van der Waals surface area contributed by atoms with Gasteiger partial charge in [-0.2, -0.15) is 0 Å². The normalized spacial score (nSPS) is 16.8. The van der Waals surface area contributed by atoms with Crippen LogP contribution < -0.4 is 0 Å². The van der Waals surface area contributed by atoms with Gasteiger partial charge in [0.25, 0.3) is 5.91 Å². The lowest BCUT2D eigenvalue weighted by Gasteiger charge is -2.32. The van der Waals surface area contributed by atoms with Gasteiger partial charge in [-0.3, -0.25) is 9.59 Å². The molecule has 2 aromatic carbocycles. The number of carbonyl (C=O) groups is 2. The quantitative estimate of drug-likeness (QED) is 0.653. The van der Waals surface area contributed by atoms with Crippen molar-refractivity contribution in [2.45, 2.75) is 12.8 Å². The van der Waals surface area contributed by atoms with Crippen molar-refractivity contribution in [3.05, 3.63) is 78.1 Å². The van der Waals surface area contributed by atoms with Gasteiger partial charge in [0, 0.05) is 49.6 Å². The molecule has 0 N–H and O–H groups in total. The van der Waals surface area contributed by atoms with E-state index < -0.39 is 0 Å². The molecule has 2 heterocycles. The average Bonchev–Trinajstić information content (AvgIpc) is 3.19. The number of carbonyl (C=O) groups excluding carboxylic acids is 2. The summed E-state index contributed by atoms with van der Waals surface area (Å²) in [6, 6.07) is 16.9. The molecule has 1 amide bonds. The molecule has 0 aliphatic carbocycles. The zero-order valence-electron chi connectivity index (χ0n) is 15.9. The highest BCUT2D eigenvalue weighted by molar-refractivity contribution is 6.01. The third kappa shape index (κ3) is 3.48. The van der Waals surface area contributed by atoms with E-state index in [0.717, 1.165) is 29.8 Å². The Balaban J connectivity index is 1.58. The van der Waals surface area contributed by atoms with Crippen LogP contribution in [0.1, 0.15) is 33.6 Å². The van der Waals surface area contributed by atoms with Gasteiger partial charge in [0.1, 0.15) is 5.82 Å². The lowest BCUT2D eigenvalue weighted by atomic mass is 9.89. The molecule has 0 spiro atoms. The van der Waals surface area contributed by atoms with Crippen LogP contribution >= 0.6 is 0 Å². The number of aryl methyl sites for hydroxylation is 1. The minimum atomic E-state index is -0.152. The number of nitrogens with zero attached hydrogens (tertiary/aromatic N) is 3. The number of benzene rings is 2. The van der Waals surface area contributed by atoms with Gasteiger partial charge in [-0.05, 0) is 18.9 Å². The van der Waals surface area contributed by atoms with Gasteiger partial charge >= 0.3 is 0 Å². The third-order valence-corrected chi connectivity index (χ3v) is 5.36. The molecule has 1 saturated heterocycles. The average molecular weight is 373 g/mol. The highest BCUT2D eigenvalue weighted by Crippen LogP contribution is 2.26. The van der Waals surface area contributed by atoms with Crippen molar-refractivity contribution in [2.75, 3.05) is 13.1 Å². The molecule has 1 fully saturated rings. The van der Waals surface area contributed by atoms with E-state index in [1.165, 1.54) is 0 Å². The van der Waals surface area contributed by atoms with E-state index in [1.54, 1.807) is 6.20 Å². The van der Waals surface area contributed by atoms with Crippen molar-refractivity contribution < 1.29 is 9.59 Å². The highest BCUT2D eigenvalue weighted by Gasteiger charge is 2.30. The van der Waals surface area contributed by atoms with Crippen LogP contribution in [-0.2, 0) is 7.05 Å². The predicted octanol–water partition coefficient (Wildman–Crippen LogP) is 3.82. The number of hydrogen-bond donors (Lipinski definition) is 0. The monoisotopic (exact) mass is 373 g/mol. The first-order chi connectivity index (χ1) is 13.6. The Kier molecular flexibility index (Phi) is 5.06. The zero-order valence-corrected chi connectivity index (χ0v) is 15.9. The lowest BCUT2D eigenvalue weighted by molar-refractivity contribution is 0.0637. The molecule has 0 radical (unpaired) electrons. The summed E-state index contributed by atoms with van der Waals surface area (Å²) in [5.41, 5.74) is 2.16. The number of likely N-dealkylation sites (tertiary alicyclic amines) is 1. The molecule has 5 heteroatoms. The summed E-state index contributed by atoms with van der Waals surface area (Å²) in [6.45, 7) is 1.13. The largest absolute Gasteiger partial charge is 0.338 e. The van der Waals surface area contributed by atoms with E-state index in [1.807, 2.05) is 77.3 Å². The lowest BCUT2D eigenvalue weighted by Crippen LogP contribution is -2.42. The van der Waals surface area contributed by atoms with Gasteiger partial charge < -0.3 is 9.47 Å². The van der Waals surface area contributed by atoms with Crippen LogP contribution in [0.3, 0.4) is 0 Å².